The highest BCUT2D eigenvalue weighted by atomic mass is 127. The van der Waals surface area contributed by atoms with Crippen LogP contribution in [0.2, 0.25) is 0 Å². The van der Waals surface area contributed by atoms with Crippen molar-refractivity contribution in [1.29, 1.82) is 0 Å². The van der Waals surface area contributed by atoms with Crippen molar-refractivity contribution in [2.75, 3.05) is 20.1 Å². The molecule has 1 fully saturated rings. The molecule has 2 aromatic rings. The van der Waals surface area contributed by atoms with Crippen molar-refractivity contribution >= 4 is 40.3 Å². The topological polar surface area (TPSA) is 3.24 Å². The highest BCUT2D eigenvalue weighted by Crippen LogP contribution is 2.39. The maximum absolute atomic E-state index is 2.44. The summed E-state index contributed by atoms with van der Waals surface area (Å²) in [5, 5.41) is 0. The van der Waals surface area contributed by atoms with Crippen LogP contribution in [0.1, 0.15) is 40.7 Å². The van der Waals surface area contributed by atoms with Gasteiger partial charge in [-0.3, -0.25) is 0 Å². The molecule has 2 aromatic carbocycles. The molecule has 4 rings (SSSR count). The Bertz CT molecular complexity index is 793. The fraction of sp³-hybridized carbons (Fsp3) is 0.273. The number of rotatable bonds is 0. The smallest absolute Gasteiger partial charge is 0.0136 e. The molecular formula is C22H22IN. The summed E-state index contributed by atoms with van der Waals surface area (Å²) >= 11 is 2.43. The summed E-state index contributed by atoms with van der Waals surface area (Å²) in [6.45, 7) is 4.51. The number of nitrogens with zero attached hydrogens (tertiary/aromatic N) is 1. The summed E-state index contributed by atoms with van der Waals surface area (Å²) in [5.41, 5.74) is 9.93. The van der Waals surface area contributed by atoms with Gasteiger partial charge in [-0.05, 0) is 89.4 Å². The summed E-state index contributed by atoms with van der Waals surface area (Å²) in [7, 11) is 2.23. The maximum Gasteiger partial charge on any atom is 0.0136 e. The van der Waals surface area contributed by atoms with Crippen LogP contribution in [0.3, 0.4) is 0 Å². The lowest BCUT2D eigenvalue weighted by Gasteiger charge is -2.27. The molecule has 2 aliphatic rings. The molecule has 0 saturated carbocycles. The minimum absolute atomic E-state index is 1.16. The second kappa shape index (κ2) is 6.49. The lowest BCUT2D eigenvalue weighted by atomic mass is 9.85. The Morgan fingerprint density at radius 2 is 1.50 bits per heavy atom. The van der Waals surface area contributed by atoms with Gasteiger partial charge in [0.25, 0.3) is 0 Å². The van der Waals surface area contributed by atoms with Gasteiger partial charge in [-0.1, -0.05) is 47.6 Å². The summed E-state index contributed by atoms with van der Waals surface area (Å²) in [4.78, 5) is 2.44. The Hall–Kier alpha value is -1.39. The van der Waals surface area contributed by atoms with Gasteiger partial charge in [0.1, 0.15) is 0 Å². The van der Waals surface area contributed by atoms with Crippen LogP contribution in [-0.4, -0.2) is 25.0 Å². The zero-order valence-electron chi connectivity index (χ0n) is 14.3. The van der Waals surface area contributed by atoms with E-state index in [4.69, 9.17) is 0 Å². The monoisotopic (exact) mass is 427 g/mol. The van der Waals surface area contributed by atoms with Gasteiger partial charge in [0, 0.05) is 16.7 Å². The zero-order valence-corrected chi connectivity index (χ0v) is 16.4. The Morgan fingerprint density at radius 1 is 0.875 bits per heavy atom. The van der Waals surface area contributed by atoms with Crippen LogP contribution < -0.4 is 0 Å². The molecule has 1 aliphatic heterocycles. The first-order valence-corrected chi connectivity index (χ1v) is 9.69. The lowest BCUT2D eigenvalue weighted by Crippen LogP contribution is -2.27. The highest BCUT2D eigenvalue weighted by molar-refractivity contribution is 14.1. The molecule has 1 heterocycles. The van der Waals surface area contributed by atoms with E-state index in [0.29, 0.717) is 0 Å². The van der Waals surface area contributed by atoms with Crippen molar-refractivity contribution < 1.29 is 0 Å². The number of hydrogen-bond acceptors (Lipinski definition) is 1. The molecule has 2 heteroatoms. The van der Waals surface area contributed by atoms with Crippen LogP contribution in [0.25, 0.3) is 17.7 Å². The summed E-state index contributed by atoms with van der Waals surface area (Å²) < 4.78 is 1.31. The van der Waals surface area contributed by atoms with Crippen molar-refractivity contribution in [3.05, 3.63) is 73.4 Å². The fourth-order valence-electron chi connectivity index (χ4n) is 3.77. The van der Waals surface area contributed by atoms with Crippen LogP contribution in [-0.2, 0) is 0 Å². The average Bonchev–Trinajstić information content (AvgIpc) is 2.72. The third-order valence-electron chi connectivity index (χ3n) is 5.15. The van der Waals surface area contributed by atoms with E-state index in [1.807, 2.05) is 0 Å². The normalized spacial score (nSPS) is 17.5. The van der Waals surface area contributed by atoms with E-state index in [2.05, 4.69) is 90.0 Å². The van der Waals surface area contributed by atoms with Crippen molar-refractivity contribution in [2.45, 2.75) is 19.8 Å². The van der Waals surface area contributed by atoms with E-state index in [1.54, 1.807) is 5.57 Å². The number of aryl methyl sites for hydroxylation is 1. The van der Waals surface area contributed by atoms with Crippen molar-refractivity contribution in [3.8, 4) is 0 Å². The maximum atomic E-state index is 2.44. The van der Waals surface area contributed by atoms with Crippen molar-refractivity contribution in [3.63, 3.8) is 0 Å². The van der Waals surface area contributed by atoms with Gasteiger partial charge < -0.3 is 4.90 Å². The molecule has 0 aromatic heterocycles. The van der Waals surface area contributed by atoms with Crippen LogP contribution in [0.4, 0.5) is 0 Å². The SMILES string of the molecule is Cc1ccc2c(c1)C(=C1CCN(C)CC1)c1cc(I)ccc1C=C2. The lowest BCUT2D eigenvalue weighted by molar-refractivity contribution is 0.313. The molecule has 1 nitrogen and oxygen atoms in total. The minimum atomic E-state index is 1.16. The minimum Gasteiger partial charge on any atom is -0.306 e. The van der Waals surface area contributed by atoms with E-state index in [0.717, 1.165) is 13.1 Å². The van der Waals surface area contributed by atoms with Crippen LogP contribution in [0.15, 0.2) is 42.0 Å². The van der Waals surface area contributed by atoms with E-state index in [1.165, 1.54) is 49.8 Å². The largest absolute Gasteiger partial charge is 0.306 e. The third kappa shape index (κ3) is 2.98. The summed E-state index contributed by atoms with van der Waals surface area (Å²) in [6.07, 6.45) is 6.90. The molecule has 0 atom stereocenters. The second-order valence-electron chi connectivity index (χ2n) is 6.94. The molecular weight excluding hydrogens is 405 g/mol. The van der Waals surface area contributed by atoms with Crippen molar-refractivity contribution in [2.24, 2.45) is 0 Å². The second-order valence-corrected chi connectivity index (χ2v) is 8.18. The molecule has 1 aliphatic carbocycles. The third-order valence-corrected chi connectivity index (χ3v) is 5.82. The van der Waals surface area contributed by atoms with E-state index in [-0.39, 0.29) is 0 Å². The van der Waals surface area contributed by atoms with E-state index < -0.39 is 0 Å². The first-order valence-electron chi connectivity index (χ1n) is 8.61. The van der Waals surface area contributed by atoms with Gasteiger partial charge in [-0.2, -0.15) is 0 Å². The summed E-state index contributed by atoms with van der Waals surface area (Å²) in [5.74, 6) is 0. The molecule has 0 N–H and O–H groups in total. The van der Waals surface area contributed by atoms with Gasteiger partial charge in [-0.15, -0.1) is 0 Å². The van der Waals surface area contributed by atoms with Gasteiger partial charge >= 0.3 is 0 Å². The average molecular weight is 427 g/mol. The Morgan fingerprint density at radius 3 is 2.21 bits per heavy atom. The van der Waals surface area contributed by atoms with Gasteiger partial charge in [0.05, 0.1) is 0 Å². The Balaban J connectivity index is 2.00. The van der Waals surface area contributed by atoms with E-state index in [9.17, 15) is 0 Å². The number of halogens is 1. The predicted octanol–water partition coefficient (Wildman–Crippen LogP) is 5.61. The summed E-state index contributed by atoms with van der Waals surface area (Å²) in [6, 6.07) is 13.7. The number of fused-ring (bicyclic) bond motifs is 2. The first-order chi connectivity index (χ1) is 11.6. The number of piperidine rings is 1. The molecule has 122 valence electrons. The molecule has 1 saturated heterocycles. The number of likely N-dealkylation sites (tertiary alicyclic amines) is 1. The molecule has 0 spiro atoms. The Kier molecular flexibility index (Phi) is 4.35. The van der Waals surface area contributed by atoms with E-state index >= 15 is 0 Å². The van der Waals surface area contributed by atoms with Crippen molar-refractivity contribution in [1.82, 2.24) is 4.90 Å². The molecule has 0 radical (unpaired) electrons. The highest BCUT2D eigenvalue weighted by Gasteiger charge is 2.22. The quantitative estimate of drug-likeness (QED) is 0.422. The zero-order chi connectivity index (χ0) is 16.7. The standard InChI is InChI=1S/C22H22IN/c1-15-3-4-16-5-6-17-7-8-19(23)14-21(17)22(20(16)13-15)18-9-11-24(2)12-10-18/h3-8,13-14H,9-12H2,1-2H3. The number of hydrogen-bond donors (Lipinski definition) is 0. The van der Waals surface area contributed by atoms with Gasteiger partial charge in [0.15, 0.2) is 0 Å². The predicted molar refractivity (Wildman–Crippen MR) is 112 cm³/mol. The first kappa shape index (κ1) is 16.1. The van der Waals surface area contributed by atoms with Gasteiger partial charge in [0.2, 0.25) is 0 Å². The molecule has 0 unspecified atom stereocenters. The van der Waals surface area contributed by atoms with Crippen LogP contribution >= 0.6 is 22.6 Å². The molecule has 0 bridgehead atoms. The molecule has 0 amide bonds. The number of benzene rings is 2. The van der Waals surface area contributed by atoms with Crippen LogP contribution in [0.5, 0.6) is 0 Å². The molecule has 24 heavy (non-hydrogen) atoms. The van der Waals surface area contributed by atoms with Crippen LogP contribution in [0, 0.1) is 10.5 Å². The Labute approximate surface area is 158 Å². The fourth-order valence-corrected chi connectivity index (χ4v) is 4.26. The van der Waals surface area contributed by atoms with Gasteiger partial charge in [-0.25, -0.2) is 0 Å².